The van der Waals surface area contributed by atoms with Gasteiger partial charge in [0.25, 0.3) is 0 Å². The van der Waals surface area contributed by atoms with Crippen LogP contribution in [0.2, 0.25) is 10.0 Å². The highest BCUT2D eigenvalue weighted by Crippen LogP contribution is 2.43. The van der Waals surface area contributed by atoms with Gasteiger partial charge in [-0.2, -0.15) is 5.10 Å². The van der Waals surface area contributed by atoms with E-state index in [0.29, 0.717) is 10.0 Å². The van der Waals surface area contributed by atoms with Gasteiger partial charge < -0.3 is 4.57 Å². The fraction of sp³-hybridized carbons (Fsp3) is 0.0833. The first kappa shape index (κ1) is 18.9. The molecule has 1 aliphatic heterocycles. The third-order valence-electron chi connectivity index (χ3n) is 5.28. The molecule has 1 aromatic heterocycles. The van der Waals surface area contributed by atoms with E-state index in [0.717, 1.165) is 22.5 Å². The minimum atomic E-state index is -0.0740. The number of hydrogen-bond donors (Lipinski definition) is 0. The molecular formula is C24H18Cl2N4. The quantitative estimate of drug-likeness (QED) is 0.373. The van der Waals surface area contributed by atoms with Gasteiger partial charge in [0.05, 0.1) is 17.7 Å². The molecule has 1 aliphatic rings. The first-order valence-corrected chi connectivity index (χ1v) is 10.4. The number of hydrazone groups is 1. The summed E-state index contributed by atoms with van der Waals surface area (Å²) in [5.41, 5.74) is 4.12. The summed E-state index contributed by atoms with van der Waals surface area (Å²) in [6, 6.07) is 25.8. The zero-order chi connectivity index (χ0) is 20.5. The minimum absolute atomic E-state index is 0.0652. The van der Waals surface area contributed by atoms with E-state index in [9.17, 15) is 0 Å². The normalized spacial score (nSPS) is 18.5. The van der Waals surface area contributed by atoms with Crippen LogP contribution in [0.25, 0.3) is 0 Å². The highest BCUT2D eigenvalue weighted by molar-refractivity contribution is 6.31. The van der Waals surface area contributed by atoms with Crippen molar-refractivity contribution < 1.29 is 0 Å². The maximum absolute atomic E-state index is 6.18. The monoisotopic (exact) mass is 432 g/mol. The van der Waals surface area contributed by atoms with Crippen molar-refractivity contribution in [2.24, 2.45) is 5.10 Å². The molecule has 2 heterocycles. The molecule has 0 saturated carbocycles. The largest absolute Gasteiger partial charge is 0.326 e. The van der Waals surface area contributed by atoms with Crippen LogP contribution in [0.4, 0.5) is 5.69 Å². The Morgan fingerprint density at radius 2 is 1.40 bits per heavy atom. The van der Waals surface area contributed by atoms with Crippen LogP contribution in [0, 0.1) is 0 Å². The number of halogens is 2. The van der Waals surface area contributed by atoms with E-state index in [-0.39, 0.29) is 12.1 Å². The smallest absolute Gasteiger partial charge is 0.106 e. The maximum atomic E-state index is 6.18. The van der Waals surface area contributed by atoms with Crippen molar-refractivity contribution in [3.63, 3.8) is 0 Å². The Balaban J connectivity index is 1.70. The van der Waals surface area contributed by atoms with Crippen molar-refractivity contribution in [3.8, 4) is 0 Å². The lowest BCUT2D eigenvalue weighted by Gasteiger charge is -2.29. The fourth-order valence-corrected chi connectivity index (χ4v) is 4.14. The van der Waals surface area contributed by atoms with Crippen LogP contribution in [-0.2, 0) is 0 Å². The average molecular weight is 433 g/mol. The Kier molecular flexibility index (Phi) is 5.03. The molecule has 0 bridgehead atoms. The number of benzene rings is 3. The van der Waals surface area contributed by atoms with Gasteiger partial charge in [-0.15, -0.1) is 0 Å². The first-order valence-electron chi connectivity index (χ1n) is 9.62. The molecule has 0 amide bonds. The number of para-hydroxylation sites is 1. The number of anilines is 1. The lowest BCUT2D eigenvalue weighted by Crippen LogP contribution is -2.27. The minimum Gasteiger partial charge on any atom is -0.326 e. The summed E-state index contributed by atoms with van der Waals surface area (Å²) >= 11 is 12.3. The number of aromatic nitrogens is 2. The third-order valence-corrected chi connectivity index (χ3v) is 5.78. The molecule has 0 N–H and O–H groups in total. The fourth-order valence-electron chi connectivity index (χ4n) is 3.89. The number of hydrogen-bond acceptors (Lipinski definition) is 3. The van der Waals surface area contributed by atoms with Gasteiger partial charge >= 0.3 is 0 Å². The Hall–Kier alpha value is -3.08. The lowest BCUT2D eigenvalue weighted by molar-refractivity contribution is 0.527. The third kappa shape index (κ3) is 3.49. The van der Waals surface area contributed by atoms with Crippen molar-refractivity contribution in [2.75, 3.05) is 5.01 Å². The summed E-state index contributed by atoms with van der Waals surface area (Å²) in [6.07, 6.45) is 5.62. The molecule has 5 rings (SSSR count). The van der Waals surface area contributed by atoms with Gasteiger partial charge in [0.2, 0.25) is 0 Å². The van der Waals surface area contributed by atoms with E-state index >= 15 is 0 Å². The summed E-state index contributed by atoms with van der Waals surface area (Å²) < 4.78 is 2.11. The van der Waals surface area contributed by atoms with Gasteiger partial charge in [0.15, 0.2) is 0 Å². The van der Waals surface area contributed by atoms with Crippen LogP contribution in [0.15, 0.2) is 103 Å². The van der Waals surface area contributed by atoms with Crippen molar-refractivity contribution >= 4 is 34.6 Å². The maximum Gasteiger partial charge on any atom is 0.106 e. The standard InChI is InChI=1S/C24H18Cl2N4/c25-19-10-6-17(7-11-19)22-24(29-15-14-27-16-29)23(18-8-12-20(26)13-9-18)30(28-22)21-4-2-1-3-5-21/h1-16,23-24H/t23-,24-/m1/s1. The van der Waals surface area contributed by atoms with Crippen molar-refractivity contribution in [2.45, 2.75) is 12.1 Å². The van der Waals surface area contributed by atoms with Gasteiger partial charge in [-0.3, -0.25) is 5.01 Å². The highest BCUT2D eigenvalue weighted by Gasteiger charge is 2.40. The molecule has 6 heteroatoms. The molecule has 148 valence electrons. The zero-order valence-electron chi connectivity index (χ0n) is 15.9. The van der Waals surface area contributed by atoms with Crippen LogP contribution in [0.3, 0.4) is 0 Å². The van der Waals surface area contributed by atoms with Gasteiger partial charge in [-0.25, -0.2) is 4.98 Å². The van der Waals surface area contributed by atoms with E-state index in [1.807, 2.05) is 67.1 Å². The average Bonchev–Trinajstić information content (AvgIpc) is 3.43. The molecule has 4 nitrogen and oxygen atoms in total. The van der Waals surface area contributed by atoms with E-state index in [2.05, 4.69) is 38.8 Å². The predicted octanol–water partition coefficient (Wildman–Crippen LogP) is 6.40. The molecule has 3 aromatic carbocycles. The Labute approximate surface area is 185 Å². The summed E-state index contributed by atoms with van der Waals surface area (Å²) in [5, 5.41) is 8.59. The molecule has 2 atom stereocenters. The Bertz CT molecular complexity index is 1150. The molecule has 4 aromatic rings. The van der Waals surface area contributed by atoms with Gasteiger partial charge in [0.1, 0.15) is 12.1 Å². The summed E-state index contributed by atoms with van der Waals surface area (Å²) in [4.78, 5) is 4.30. The van der Waals surface area contributed by atoms with Crippen LogP contribution >= 0.6 is 23.2 Å². The number of imidazole rings is 1. The second kappa shape index (κ2) is 7.98. The van der Waals surface area contributed by atoms with Crippen LogP contribution in [-0.4, -0.2) is 15.3 Å². The molecule has 0 radical (unpaired) electrons. The van der Waals surface area contributed by atoms with E-state index in [4.69, 9.17) is 28.3 Å². The second-order valence-corrected chi connectivity index (χ2v) is 8.00. The van der Waals surface area contributed by atoms with Gasteiger partial charge in [-0.1, -0.05) is 65.7 Å². The summed E-state index contributed by atoms with van der Waals surface area (Å²) in [6.45, 7) is 0. The number of nitrogens with zero attached hydrogens (tertiary/aromatic N) is 4. The molecular weight excluding hydrogens is 415 g/mol. The van der Waals surface area contributed by atoms with Gasteiger partial charge in [-0.05, 0) is 42.0 Å². The first-order chi connectivity index (χ1) is 14.7. The van der Waals surface area contributed by atoms with Crippen molar-refractivity contribution in [3.05, 3.63) is 119 Å². The van der Waals surface area contributed by atoms with E-state index in [1.165, 1.54) is 0 Å². The van der Waals surface area contributed by atoms with Gasteiger partial charge in [0, 0.05) is 28.0 Å². The van der Waals surface area contributed by atoms with Crippen molar-refractivity contribution in [1.82, 2.24) is 9.55 Å². The lowest BCUT2D eigenvalue weighted by atomic mass is 9.92. The van der Waals surface area contributed by atoms with Crippen LogP contribution in [0.1, 0.15) is 23.2 Å². The summed E-state index contributed by atoms with van der Waals surface area (Å²) in [5.74, 6) is 0. The van der Waals surface area contributed by atoms with E-state index < -0.39 is 0 Å². The SMILES string of the molecule is Clc1ccc(C2=NN(c3ccccc3)[C@H](c3ccc(Cl)cc3)[C@@H]2n2ccnc2)cc1. The molecule has 0 fully saturated rings. The topological polar surface area (TPSA) is 33.4 Å². The predicted molar refractivity (Wildman–Crippen MR) is 122 cm³/mol. The molecule has 0 spiro atoms. The second-order valence-electron chi connectivity index (χ2n) is 7.12. The van der Waals surface area contributed by atoms with Crippen LogP contribution in [0.5, 0.6) is 0 Å². The van der Waals surface area contributed by atoms with Crippen molar-refractivity contribution in [1.29, 1.82) is 0 Å². The highest BCUT2D eigenvalue weighted by atomic mass is 35.5. The molecule has 0 aliphatic carbocycles. The molecule has 0 unspecified atom stereocenters. The zero-order valence-corrected chi connectivity index (χ0v) is 17.4. The Morgan fingerprint density at radius 3 is 2.03 bits per heavy atom. The summed E-state index contributed by atoms with van der Waals surface area (Å²) in [7, 11) is 0. The van der Waals surface area contributed by atoms with E-state index in [1.54, 1.807) is 6.20 Å². The number of rotatable bonds is 4. The Morgan fingerprint density at radius 1 is 0.733 bits per heavy atom. The molecule has 30 heavy (non-hydrogen) atoms. The molecule has 0 saturated heterocycles. The van der Waals surface area contributed by atoms with Crippen LogP contribution < -0.4 is 5.01 Å².